The van der Waals surface area contributed by atoms with Crippen molar-refractivity contribution in [2.75, 3.05) is 24.1 Å². The van der Waals surface area contributed by atoms with E-state index in [-0.39, 0.29) is 28.8 Å². The highest BCUT2D eigenvalue weighted by molar-refractivity contribution is 6.12. The number of piperidine rings is 1. The molecule has 0 atom stereocenters. The van der Waals surface area contributed by atoms with Gasteiger partial charge in [-0.2, -0.15) is 0 Å². The van der Waals surface area contributed by atoms with Gasteiger partial charge >= 0.3 is 0 Å². The van der Waals surface area contributed by atoms with Crippen LogP contribution >= 0.6 is 0 Å². The molecule has 4 rings (SSSR count). The van der Waals surface area contributed by atoms with Gasteiger partial charge in [-0.05, 0) is 32.0 Å². The fraction of sp³-hybridized carbons (Fsp3) is 0.333. The highest BCUT2D eigenvalue weighted by atomic mass is 19.1. The smallest absolute Gasteiger partial charge is 0.263 e. The molecular formula is C18H20FN7O2. The van der Waals surface area contributed by atoms with Crippen molar-refractivity contribution in [3.8, 4) is 5.75 Å². The Bertz CT molecular complexity index is 1000. The third-order valence-electron chi connectivity index (χ3n) is 4.54. The summed E-state index contributed by atoms with van der Waals surface area (Å²) in [4.78, 5) is 21.1. The second-order valence-corrected chi connectivity index (χ2v) is 6.47. The number of hydrogen-bond donors (Lipinski definition) is 3. The van der Waals surface area contributed by atoms with E-state index >= 15 is 0 Å². The van der Waals surface area contributed by atoms with Crippen LogP contribution in [0.15, 0.2) is 30.7 Å². The van der Waals surface area contributed by atoms with Gasteiger partial charge < -0.3 is 21.1 Å². The summed E-state index contributed by atoms with van der Waals surface area (Å²) < 4.78 is 20.4. The molecule has 9 nitrogen and oxygen atoms in total. The van der Waals surface area contributed by atoms with Gasteiger partial charge in [0.05, 0.1) is 11.9 Å². The first-order chi connectivity index (χ1) is 13.7. The van der Waals surface area contributed by atoms with Gasteiger partial charge in [0, 0.05) is 18.5 Å². The van der Waals surface area contributed by atoms with Gasteiger partial charge in [-0.15, -0.1) is 5.10 Å². The number of pyridine rings is 1. The molecule has 146 valence electrons. The quantitative estimate of drug-likeness (QED) is 0.610. The second-order valence-electron chi connectivity index (χ2n) is 6.47. The lowest BCUT2D eigenvalue weighted by molar-refractivity contribution is 0.102. The number of ether oxygens (including phenoxy) is 1. The molecule has 0 bridgehead atoms. The summed E-state index contributed by atoms with van der Waals surface area (Å²) >= 11 is 0. The first kappa shape index (κ1) is 18.1. The lowest BCUT2D eigenvalue weighted by Gasteiger charge is -2.24. The monoisotopic (exact) mass is 385 g/mol. The molecule has 0 unspecified atom stereocenters. The fourth-order valence-corrected chi connectivity index (χ4v) is 3.13. The summed E-state index contributed by atoms with van der Waals surface area (Å²) in [6.45, 7) is 1.03. The average molecular weight is 385 g/mol. The third kappa shape index (κ3) is 3.58. The van der Waals surface area contributed by atoms with Gasteiger partial charge in [-0.3, -0.25) is 9.78 Å². The SMILES string of the molecule is Nc1nn2ccc(CF)nc2c1C(=O)Nc1cnccc1OC1CCNCC1. The number of amides is 1. The first-order valence-electron chi connectivity index (χ1n) is 8.98. The lowest BCUT2D eigenvalue weighted by Crippen LogP contribution is -2.34. The summed E-state index contributed by atoms with van der Waals surface area (Å²) in [5.74, 6) is 0.0209. The Labute approximate surface area is 160 Å². The van der Waals surface area contributed by atoms with Crippen molar-refractivity contribution in [3.63, 3.8) is 0 Å². The van der Waals surface area contributed by atoms with Crippen LogP contribution in [-0.4, -0.2) is 44.7 Å². The number of carbonyl (C=O) groups excluding carboxylic acids is 1. The van der Waals surface area contributed by atoms with E-state index in [1.807, 2.05) is 0 Å². The molecule has 0 aliphatic carbocycles. The fourth-order valence-electron chi connectivity index (χ4n) is 3.13. The minimum absolute atomic E-state index is 0.00530. The number of nitrogen functional groups attached to an aromatic ring is 1. The van der Waals surface area contributed by atoms with Gasteiger partial charge in [0.25, 0.3) is 5.91 Å². The molecule has 4 N–H and O–H groups in total. The minimum Gasteiger partial charge on any atom is -0.488 e. The number of nitrogens with one attached hydrogen (secondary N) is 2. The maximum Gasteiger partial charge on any atom is 0.263 e. The number of nitrogens with two attached hydrogens (primary N) is 1. The molecule has 0 saturated carbocycles. The lowest BCUT2D eigenvalue weighted by atomic mass is 10.1. The second kappa shape index (κ2) is 7.77. The molecule has 0 aromatic carbocycles. The maximum absolute atomic E-state index is 13.0. The van der Waals surface area contributed by atoms with Crippen LogP contribution in [0.5, 0.6) is 5.75 Å². The predicted molar refractivity (Wildman–Crippen MR) is 101 cm³/mol. The van der Waals surface area contributed by atoms with E-state index in [4.69, 9.17) is 10.5 Å². The minimum atomic E-state index is -0.751. The summed E-state index contributed by atoms with van der Waals surface area (Å²) in [5, 5.41) is 10.1. The van der Waals surface area contributed by atoms with E-state index in [0.717, 1.165) is 25.9 Å². The van der Waals surface area contributed by atoms with Crippen LogP contribution in [0, 0.1) is 0 Å². The van der Waals surface area contributed by atoms with E-state index in [2.05, 4.69) is 25.7 Å². The van der Waals surface area contributed by atoms with Crippen molar-refractivity contribution in [3.05, 3.63) is 42.0 Å². The van der Waals surface area contributed by atoms with Gasteiger partial charge in [-0.1, -0.05) is 0 Å². The molecule has 1 aliphatic heterocycles. The number of rotatable bonds is 5. The molecule has 0 spiro atoms. The highest BCUT2D eigenvalue weighted by Gasteiger charge is 2.22. The Hall–Kier alpha value is -3.27. The zero-order chi connectivity index (χ0) is 19.5. The molecule has 28 heavy (non-hydrogen) atoms. The molecule has 1 fully saturated rings. The number of nitrogens with zero attached hydrogens (tertiary/aromatic N) is 4. The van der Waals surface area contributed by atoms with E-state index in [1.165, 1.54) is 23.0 Å². The largest absolute Gasteiger partial charge is 0.488 e. The van der Waals surface area contributed by atoms with Crippen molar-refractivity contribution in [2.45, 2.75) is 25.6 Å². The van der Waals surface area contributed by atoms with Crippen molar-refractivity contribution in [1.82, 2.24) is 24.9 Å². The predicted octanol–water partition coefficient (Wildman–Crippen LogP) is 1.56. The van der Waals surface area contributed by atoms with E-state index in [0.29, 0.717) is 11.4 Å². The molecule has 1 aliphatic rings. The van der Waals surface area contributed by atoms with Crippen molar-refractivity contribution in [2.24, 2.45) is 0 Å². The zero-order valence-electron chi connectivity index (χ0n) is 15.1. The normalized spacial score (nSPS) is 14.9. The Morgan fingerprint density at radius 2 is 2.21 bits per heavy atom. The third-order valence-corrected chi connectivity index (χ3v) is 4.54. The van der Waals surface area contributed by atoms with Crippen LogP contribution in [-0.2, 0) is 6.67 Å². The summed E-state index contributed by atoms with van der Waals surface area (Å²) in [6.07, 6.45) is 6.45. The van der Waals surface area contributed by atoms with Crippen LogP contribution < -0.4 is 21.1 Å². The molecular weight excluding hydrogens is 365 g/mol. The number of alkyl halides is 1. The summed E-state index contributed by atoms with van der Waals surface area (Å²) in [5.41, 5.74) is 6.79. The van der Waals surface area contributed by atoms with Crippen molar-refractivity contribution in [1.29, 1.82) is 0 Å². The van der Waals surface area contributed by atoms with E-state index in [9.17, 15) is 9.18 Å². The first-order valence-corrected chi connectivity index (χ1v) is 8.98. The van der Waals surface area contributed by atoms with Crippen LogP contribution in [0.3, 0.4) is 0 Å². The van der Waals surface area contributed by atoms with Crippen LogP contribution in [0.2, 0.25) is 0 Å². The van der Waals surface area contributed by atoms with Gasteiger partial charge in [0.15, 0.2) is 11.5 Å². The zero-order valence-corrected chi connectivity index (χ0v) is 15.1. The Morgan fingerprint density at radius 1 is 1.39 bits per heavy atom. The average Bonchev–Trinajstić information content (AvgIpc) is 3.05. The van der Waals surface area contributed by atoms with Crippen LogP contribution in [0.1, 0.15) is 28.9 Å². The Balaban J connectivity index is 1.60. The molecule has 0 radical (unpaired) electrons. The molecule has 1 saturated heterocycles. The van der Waals surface area contributed by atoms with E-state index in [1.54, 1.807) is 12.3 Å². The number of aromatic nitrogens is 4. The maximum atomic E-state index is 13.0. The number of halogens is 1. The number of carbonyl (C=O) groups is 1. The Kier molecular flexibility index (Phi) is 5.02. The van der Waals surface area contributed by atoms with Gasteiger partial charge in [0.2, 0.25) is 0 Å². The van der Waals surface area contributed by atoms with E-state index < -0.39 is 12.6 Å². The number of fused-ring (bicyclic) bond motifs is 1. The van der Waals surface area contributed by atoms with Crippen LogP contribution in [0.4, 0.5) is 15.9 Å². The highest BCUT2D eigenvalue weighted by Crippen LogP contribution is 2.27. The molecule has 4 heterocycles. The molecule has 1 amide bonds. The van der Waals surface area contributed by atoms with Crippen molar-refractivity contribution < 1.29 is 13.9 Å². The Morgan fingerprint density at radius 3 is 3.00 bits per heavy atom. The summed E-state index contributed by atoms with van der Waals surface area (Å²) in [7, 11) is 0. The standard InChI is InChI=1S/C18H20FN7O2/c19-9-11-4-8-26-17(23-11)15(16(20)25-26)18(27)24-13-10-22-7-3-14(13)28-12-1-5-21-6-2-12/h3-4,7-8,10,12,21H,1-2,5-6,9H2,(H2,20,25)(H,24,27). The summed E-state index contributed by atoms with van der Waals surface area (Å²) in [6, 6.07) is 3.18. The molecule has 10 heteroatoms. The van der Waals surface area contributed by atoms with Gasteiger partial charge in [-0.25, -0.2) is 13.9 Å². The number of hydrogen-bond acceptors (Lipinski definition) is 7. The van der Waals surface area contributed by atoms with Crippen LogP contribution in [0.25, 0.3) is 5.65 Å². The molecule has 3 aromatic rings. The topological polar surface area (TPSA) is 119 Å². The number of anilines is 2. The van der Waals surface area contributed by atoms with Crippen molar-refractivity contribution >= 4 is 23.1 Å². The molecule has 3 aromatic heterocycles. The van der Waals surface area contributed by atoms with Gasteiger partial charge in [0.1, 0.15) is 29.8 Å².